The quantitative estimate of drug-likeness (QED) is 0.259. The summed E-state index contributed by atoms with van der Waals surface area (Å²) in [5, 5.41) is 0. The maximum absolute atomic E-state index is 3.72. The molecule has 0 aromatic heterocycles. The largest absolute Gasteiger partial charge is 0.133 e. The van der Waals surface area contributed by atoms with Crippen molar-refractivity contribution in [3.8, 4) is 0 Å². The zero-order valence-corrected chi connectivity index (χ0v) is 9.43. The minimum Gasteiger partial charge on any atom is -0.133 e. The van der Waals surface area contributed by atoms with E-state index in [-0.39, 0.29) is 0 Å². The smallest absolute Gasteiger partial charge is 0.0275 e. The van der Waals surface area contributed by atoms with Gasteiger partial charge in [-0.1, -0.05) is 44.8 Å². The first-order chi connectivity index (χ1) is 6.91. The van der Waals surface area contributed by atoms with Crippen LogP contribution in [-0.4, -0.2) is 0 Å². The molecule has 14 heavy (non-hydrogen) atoms. The molecule has 0 atom stereocenters. The van der Waals surface area contributed by atoms with Crippen LogP contribution in [0.5, 0.6) is 0 Å². The molecule has 0 radical (unpaired) electrons. The van der Waals surface area contributed by atoms with Gasteiger partial charge in [0.1, 0.15) is 0 Å². The Morgan fingerprint density at radius 1 is 0.786 bits per heavy atom. The Morgan fingerprint density at radius 2 is 1.29 bits per heavy atom. The zero-order chi connectivity index (χ0) is 10.5. The minimum absolute atomic E-state index is 1.15. The van der Waals surface area contributed by atoms with Gasteiger partial charge in [-0.05, 0) is 31.8 Å². The Bertz CT molecular complexity index is 161. The molecule has 0 aromatic carbocycles. The molecule has 0 saturated heterocycles. The fraction of sp³-hybridized carbons (Fsp3) is 0.643. The van der Waals surface area contributed by atoms with Crippen LogP contribution in [0.15, 0.2) is 31.0 Å². The van der Waals surface area contributed by atoms with Crippen LogP contribution in [0.3, 0.4) is 0 Å². The molecular weight excluding hydrogens is 168 g/mol. The van der Waals surface area contributed by atoms with Crippen molar-refractivity contribution in [2.75, 3.05) is 0 Å². The zero-order valence-electron chi connectivity index (χ0n) is 9.43. The van der Waals surface area contributed by atoms with Crippen molar-refractivity contribution in [2.24, 2.45) is 0 Å². The van der Waals surface area contributed by atoms with Gasteiger partial charge < -0.3 is 0 Å². The fourth-order valence-electron chi connectivity index (χ4n) is 1.52. The van der Waals surface area contributed by atoms with Crippen molar-refractivity contribution < 1.29 is 0 Å². The summed E-state index contributed by atoms with van der Waals surface area (Å²) < 4.78 is 0. The van der Waals surface area contributed by atoms with Crippen molar-refractivity contribution in [2.45, 2.75) is 57.8 Å². The van der Waals surface area contributed by atoms with Gasteiger partial charge in [-0.15, -0.1) is 12.3 Å². The highest BCUT2D eigenvalue weighted by Crippen LogP contribution is 2.09. The van der Waals surface area contributed by atoms with Crippen molar-refractivity contribution in [3.63, 3.8) is 0 Å². The van der Waals surface area contributed by atoms with E-state index in [9.17, 15) is 0 Å². The lowest BCUT2D eigenvalue weighted by Crippen LogP contribution is -1.79. The summed E-state index contributed by atoms with van der Waals surface area (Å²) in [4.78, 5) is 0. The number of hydrogen-bond donors (Lipinski definition) is 0. The summed E-state index contributed by atoms with van der Waals surface area (Å²) in [6.07, 6.45) is 15.9. The molecule has 80 valence electrons. The van der Waals surface area contributed by atoms with E-state index >= 15 is 0 Å². The molecular formula is C14H24. The number of rotatable bonds is 10. The number of allylic oxidation sites excluding steroid dienone is 2. The van der Waals surface area contributed by atoms with Crippen molar-refractivity contribution in [3.05, 3.63) is 31.0 Å². The molecule has 0 amide bonds. The molecule has 0 aromatic rings. The van der Waals surface area contributed by atoms with Crippen LogP contribution in [0.1, 0.15) is 57.8 Å². The van der Waals surface area contributed by atoms with Gasteiger partial charge in [0.25, 0.3) is 0 Å². The van der Waals surface area contributed by atoms with Crippen molar-refractivity contribution in [1.29, 1.82) is 0 Å². The maximum Gasteiger partial charge on any atom is -0.0275 e. The Labute approximate surface area is 89.4 Å². The molecule has 0 bridgehead atoms. The summed E-state index contributed by atoms with van der Waals surface area (Å²) >= 11 is 0. The summed E-state index contributed by atoms with van der Waals surface area (Å²) in [6.45, 7) is 7.27. The van der Waals surface area contributed by atoms with Gasteiger partial charge in [0.15, 0.2) is 0 Å². The molecule has 0 rings (SSSR count). The van der Waals surface area contributed by atoms with E-state index < -0.39 is 0 Å². The second-order valence-corrected chi connectivity index (χ2v) is 3.75. The summed E-state index contributed by atoms with van der Waals surface area (Å²) in [5.41, 5.74) is 2.81. The van der Waals surface area contributed by atoms with Gasteiger partial charge in [0.2, 0.25) is 0 Å². The lowest BCUT2D eigenvalue weighted by Gasteiger charge is -1.99. The summed E-state index contributed by atoms with van der Waals surface area (Å²) in [7, 11) is 0. The summed E-state index contributed by atoms with van der Waals surface area (Å²) in [5.74, 6) is 0. The van der Waals surface area contributed by atoms with E-state index in [2.05, 4.69) is 18.9 Å². The average molecular weight is 192 g/mol. The second kappa shape index (κ2) is 12.3. The van der Waals surface area contributed by atoms with E-state index in [1.54, 1.807) is 0 Å². The highest BCUT2D eigenvalue weighted by Gasteiger charge is 1.90. The maximum atomic E-state index is 3.72. The van der Waals surface area contributed by atoms with Crippen LogP contribution in [0.4, 0.5) is 0 Å². The van der Waals surface area contributed by atoms with Crippen LogP contribution in [0.25, 0.3) is 0 Å². The van der Waals surface area contributed by atoms with E-state index in [0.717, 1.165) is 6.42 Å². The van der Waals surface area contributed by atoms with Gasteiger partial charge >= 0.3 is 0 Å². The Morgan fingerprint density at radius 3 is 1.79 bits per heavy atom. The van der Waals surface area contributed by atoms with Gasteiger partial charge in [0.05, 0.1) is 0 Å². The lowest BCUT2D eigenvalue weighted by molar-refractivity contribution is 0.584. The highest BCUT2D eigenvalue weighted by molar-refractivity contribution is 4.74. The third-order valence-corrected chi connectivity index (χ3v) is 2.40. The Balaban J connectivity index is 2.91. The van der Waals surface area contributed by atoms with Crippen LogP contribution in [-0.2, 0) is 0 Å². The molecule has 0 unspecified atom stereocenters. The molecule has 0 spiro atoms. The summed E-state index contributed by atoms with van der Waals surface area (Å²) in [6, 6.07) is 0. The fourth-order valence-corrected chi connectivity index (χ4v) is 1.52. The van der Waals surface area contributed by atoms with E-state index in [1.165, 1.54) is 51.4 Å². The normalized spacial score (nSPS) is 9.43. The molecule has 0 saturated carbocycles. The first kappa shape index (κ1) is 13.3. The topological polar surface area (TPSA) is 0 Å². The van der Waals surface area contributed by atoms with Gasteiger partial charge in [-0.3, -0.25) is 0 Å². The molecule has 0 heteroatoms. The second-order valence-electron chi connectivity index (χ2n) is 3.75. The molecule has 0 aliphatic carbocycles. The van der Waals surface area contributed by atoms with E-state index in [1.807, 2.05) is 12.2 Å². The van der Waals surface area contributed by atoms with Crippen LogP contribution < -0.4 is 0 Å². The Hall–Kier alpha value is -0.740. The minimum atomic E-state index is 1.15. The molecule has 0 heterocycles. The average Bonchev–Trinajstić information content (AvgIpc) is 2.21. The van der Waals surface area contributed by atoms with E-state index in [4.69, 9.17) is 0 Å². The van der Waals surface area contributed by atoms with Crippen molar-refractivity contribution in [1.82, 2.24) is 0 Å². The number of unbranched alkanes of at least 4 members (excludes halogenated alkanes) is 8. The third kappa shape index (κ3) is 11.3. The first-order valence-electron chi connectivity index (χ1n) is 5.87. The monoisotopic (exact) mass is 192 g/mol. The van der Waals surface area contributed by atoms with Crippen LogP contribution >= 0.6 is 0 Å². The molecule has 0 nitrogen and oxygen atoms in total. The molecule has 0 N–H and O–H groups in total. The predicted molar refractivity (Wildman–Crippen MR) is 65.5 cm³/mol. The third-order valence-electron chi connectivity index (χ3n) is 2.40. The molecule has 0 aliphatic heterocycles. The van der Waals surface area contributed by atoms with Crippen LogP contribution in [0.2, 0.25) is 0 Å². The molecule has 0 aliphatic rings. The van der Waals surface area contributed by atoms with E-state index in [0.29, 0.717) is 0 Å². The lowest BCUT2D eigenvalue weighted by atomic mass is 10.1. The van der Waals surface area contributed by atoms with Gasteiger partial charge in [-0.2, -0.15) is 0 Å². The molecule has 0 fully saturated rings. The Kier molecular flexibility index (Phi) is 11.6. The number of hydrogen-bond acceptors (Lipinski definition) is 0. The highest BCUT2D eigenvalue weighted by atomic mass is 14.0. The standard InChI is InChI=1S/C14H24/c1-3-5-7-9-11-13-14-12-10-8-6-4-2/h3,6H,1-2,5,7-14H2. The first-order valence-corrected chi connectivity index (χ1v) is 5.87. The van der Waals surface area contributed by atoms with Gasteiger partial charge in [-0.25, -0.2) is 0 Å². The SMILES string of the molecule is C=C=CCCCCCCCCCC=C. The van der Waals surface area contributed by atoms with Crippen LogP contribution in [0, 0.1) is 0 Å². The predicted octanol–water partition coefficient (Wildman–Crippen LogP) is 5.02. The van der Waals surface area contributed by atoms with Crippen molar-refractivity contribution >= 4 is 0 Å². The van der Waals surface area contributed by atoms with Gasteiger partial charge in [0, 0.05) is 0 Å².